The largest absolute Gasteiger partial charge is 0.493 e. The van der Waals surface area contributed by atoms with Gasteiger partial charge < -0.3 is 18.9 Å². The number of benzene rings is 2. The third-order valence-corrected chi connectivity index (χ3v) is 5.51. The summed E-state index contributed by atoms with van der Waals surface area (Å²) in [5.74, 6) is 1.91. The third-order valence-electron chi connectivity index (χ3n) is 3.73. The fourth-order valence-electron chi connectivity index (χ4n) is 2.35. The van der Waals surface area contributed by atoms with Crippen LogP contribution in [0.4, 0.5) is 5.69 Å². The summed E-state index contributed by atoms with van der Waals surface area (Å²) >= 11 is 0. The molecule has 0 N–H and O–H groups in total. The van der Waals surface area contributed by atoms with Crippen molar-refractivity contribution in [1.29, 1.82) is 0 Å². The molecule has 0 spiro atoms. The van der Waals surface area contributed by atoms with Crippen LogP contribution in [0, 0.1) is 0 Å². The van der Waals surface area contributed by atoms with Gasteiger partial charge in [0, 0.05) is 19.2 Å². The lowest BCUT2D eigenvalue weighted by Gasteiger charge is -2.21. The molecule has 0 atom stereocenters. The van der Waals surface area contributed by atoms with Gasteiger partial charge in [-0.15, -0.1) is 0 Å². The molecule has 0 unspecified atom stereocenters. The van der Waals surface area contributed by atoms with E-state index in [1.54, 1.807) is 24.3 Å². The van der Waals surface area contributed by atoms with Gasteiger partial charge in [-0.2, -0.15) is 0 Å². The molecule has 24 heavy (non-hydrogen) atoms. The molecule has 0 fully saturated rings. The van der Waals surface area contributed by atoms with Crippen LogP contribution in [0.25, 0.3) is 0 Å². The van der Waals surface area contributed by atoms with Crippen molar-refractivity contribution >= 4 is 15.7 Å². The topological polar surface area (TPSA) is 74.3 Å². The Balaban J connectivity index is 1.97. The molecule has 0 radical (unpaired) electrons. The molecule has 1 aliphatic heterocycles. The molecule has 0 saturated heterocycles. The summed E-state index contributed by atoms with van der Waals surface area (Å²) in [5, 5.41) is 0. The molecular weight excluding hydrogens is 334 g/mol. The second kappa shape index (κ2) is 6.12. The van der Waals surface area contributed by atoms with E-state index < -0.39 is 10.0 Å². The van der Waals surface area contributed by atoms with Gasteiger partial charge in [-0.05, 0) is 24.3 Å². The van der Waals surface area contributed by atoms with E-state index in [2.05, 4.69) is 0 Å². The maximum absolute atomic E-state index is 12.8. The van der Waals surface area contributed by atoms with Crippen LogP contribution in [-0.2, 0) is 10.0 Å². The van der Waals surface area contributed by atoms with Gasteiger partial charge in [-0.1, -0.05) is 0 Å². The minimum atomic E-state index is -3.76. The van der Waals surface area contributed by atoms with E-state index in [0.717, 1.165) is 0 Å². The predicted molar refractivity (Wildman–Crippen MR) is 87.7 cm³/mol. The van der Waals surface area contributed by atoms with Gasteiger partial charge >= 0.3 is 0 Å². The van der Waals surface area contributed by atoms with Crippen molar-refractivity contribution in [3.63, 3.8) is 0 Å². The van der Waals surface area contributed by atoms with E-state index in [0.29, 0.717) is 28.7 Å². The predicted octanol–water partition coefficient (Wildman–Crippen LogP) is 2.26. The first-order valence-corrected chi connectivity index (χ1v) is 8.52. The maximum Gasteiger partial charge on any atom is 0.264 e. The molecule has 0 aromatic heterocycles. The third kappa shape index (κ3) is 2.69. The second-order valence-corrected chi connectivity index (χ2v) is 7.00. The first kappa shape index (κ1) is 16.3. The van der Waals surface area contributed by atoms with Crippen molar-refractivity contribution < 1.29 is 27.4 Å². The highest BCUT2D eigenvalue weighted by Gasteiger charge is 2.25. The smallest absolute Gasteiger partial charge is 0.264 e. The zero-order valence-corrected chi connectivity index (χ0v) is 14.3. The Kier molecular flexibility index (Phi) is 4.15. The minimum Gasteiger partial charge on any atom is -0.493 e. The van der Waals surface area contributed by atoms with Crippen molar-refractivity contribution in [3.05, 3.63) is 36.4 Å². The number of rotatable bonds is 5. The highest BCUT2D eigenvalue weighted by Crippen LogP contribution is 2.36. The number of ether oxygens (including phenoxy) is 4. The summed E-state index contributed by atoms with van der Waals surface area (Å²) in [6, 6.07) is 9.42. The molecule has 2 aromatic carbocycles. The molecule has 0 aliphatic carbocycles. The van der Waals surface area contributed by atoms with Gasteiger partial charge in [0.25, 0.3) is 10.0 Å². The SMILES string of the molecule is COc1ccc(N(C)S(=O)(=O)c2ccc3c(c2)OCO3)cc1OC. The minimum absolute atomic E-state index is 0.0877. The summed E-state index contributed by atoms with van der Waals surface area (Å²) < 4.78 is 47.7. The molecule has 1 aliphatic rings. The Morgan fingerprint density at radius 2 is 1.67 bits per heavy atom. The number of hydrogen-bond acceptors (Lipinski definition) is 6. The molecule has 0 saturated carbocycles. The molecule has 1 heterocycles. The quantitative estimate of drug-likeness (QED) is 0.823. The lowest BCUT2D eigenvalue weighted by molar-refractivity contribution is 0.174. The summed E-state index contributed by atoms with van der Waals surface area (Å²) in [6.45, 7) is 0.0877. The van der Waals surface area contributed by atoms with Crippen molar-refractivity contribution in [1.82, 2.24) is 0 Å². The summed E-state index contributed by atoms with van der Waals surface area (Å²) in [6.07, 6.45) is 0. The van der Waals surface area contributed by atoms with Crippen molar-refractivity contribution in [2.75, 3.05) is 32.4 Å². The maximum atomic E-state index is 12.8. The van der Waals surface area contributed by atoms with Gasteiger partial charge in [-0.3, -0.25) is 4.31 Å². The van der Waals surface area contributed by atoms with E-state index in [1.807, 2.05) is 0 Å². The second-order valence-electron chi connectivity index (χ2n) is 5.03. The molecule has 2 aromatic rings. The van der Waals surface area contributed by atoms with Gasteiger partial charge in [0.15, 0.2) is 23.0 Å². The molecule has 7 nitrogen and oxygen atoms in total. The van der Waals surface area contributed by atoms with Crippen LogP contribution < -0.4 is 23.3 Å². The summed E-state index contributed by atoms with van der Waals surface area (Å²) in [5.41, 5.74) is 0.449. The Morgan fingerprint density at radius 3 is 2.38 bits per heavy atom. The summed E-state index contributed by atoms with van der Waals surface area (Å²) in [7, 11) is 0.729. The summed E-state index contributed by atoms with van der Waals surface area (Å²) in [4.78, 5) is 0.115. The number of hydrogen-bond donors (Lipinski definition) is 0. The zero-order chi connectivity index (χ0) is 17.3. The van der Waals surface area contributed by atoms with Crippen LogP contribution in [0.2, 0.25) is 0 Å². The molecular formula is C16H17NO6S. The highest BCUT2D eigenvalue weighted by atomic mass is 32.2. The lowest BCUT2D eigenvalue weighted by atomic mass is 10.3. The van der Waals surface area contributed by atoms with Crippen molar-refractivity contribution in [2.24, 2.45) is 0 Å². The molecule has 3 rings (SSSR count). The Morgan fingerprint density at radius 1 is 0.958 bits per heavy atom. The monoisotopic (exact) mass is 351 g/mol. The number of methoxy groups -OCH3 is 2. The van der Waals surface area contributed by atoms with Gasteiger partial charge in [0.05, 0.1) is 24.8 Å². The van der Waals surface area contributed by atoms with E-state index in [1.165, 1.54) is 37.7 Å². The van der Waals surface area contributed by atoms with E-state index >= 15 is 0 Å². The number of anilines is 1. The van der Waals surface area contributed by atoms with Crippen LogP contribution in [0.15, 0.2) is 41.3 Å². The molecule has 8 heteroatoms. The van der Waals surface area contributed by atoms with E-state index in [9.17, 15) is 8.42 Å². The Labute approximate surface area is 140 Å². The molecule has 128 valence electrons. The van der Waals surface area contributed by atoms with Crippen LogP contribution in [0.3, 0.4) is 0 Å². The highest BCUT2D eigenvalue weighted by molar-refractivity contribution is 7.92. The van der Waals surface area contributed by atoms with Crippen LogP contribution >= 0.6 is 0 Å². The number of fused-ring (bicyclic) bond motifs is 1. The fourth-order valence-corrected chi connectivity index (χ4v) is 3.56. The average molecular weight is 351 g/mol. The number of sulfonamides is 1. The van der Waals surface area contributed by atoms with Crippen molar-refractivity contribution in [3.8, 4) is 23.0 Å². The normalized spacial score (nSPS) is 12.8. The van der Waals surface area contributed by atoms with Gasteiger partial charge in [0.1, 0.15) is 0 Å². The molecule has 0 bridgehead atoms. The van der Waals surface area contributed by atoms with Gasteiger partial charge in [0.2, 0.25) is 6.79 Å². The van der Waals surface area contributed by atoms with Crippen LogP contribution in [-0.4, -0.2) is 36.5 Å². The van der Waals surface area contributed by atoms with E-state index in [4.69, 9.17) is 18.9 Å². The fraction of sp³-hybridized carbons (Fsp3) is 0.250. The van der Waals surface area contributed by atoms with Crippen molar-refractivity contribution in [2.45, 2.75) is 4.90 Å². The van der Waals surface area contributed by atoms with E-state index in [-0.39, 0.29) is 11.7 Å². The first-order chi connectivity index (χ1) is 11.5. The molecule has 0 amide bonds. The Bertz CT molecular complexity index is 865. The average Bonchev–Trinajstić information content (AvgIpc) is 3.08. The first-order valence-electron chi connectivity index (χ1n) is 7.08. The Hall–Kier alpha value is -2.61. The zero-order valence-electron chi connectivity index (χ0n) is 13.5. The standard InChI is InChI=1S/C16H17NO6S/c1-17(11-4-6-13(20-2)15(8-11)21-3)24(18,19)12-5-7-14-16(9-12)23-10-22-14/h4-9H,10H2,1-3H3. The van der Waals surface area contributed by atoms with Crippen LogP contribution in [0.5, 0.6) is 23.0 Å². The van der Waals surface area contributed by atoms with Crippen LogP contribution in [0.1, 0.15) is 0 Å². The lowest BCUT2D eigenvalue weighted by Crippen LogP contribution is -2.26. The van der Waals surface area contributed by atoms with Gasteiger partial charge in [-0.25, -0.2) is 8.42 Å². The number of nitrogens with zero attached hydrogens (tertiary/aromatic N) is 1.